The van der Waals surface area contributed by atoms with Crippen LogP contribution in [-0.4, -0.2) is 24.3 Å². The van der Waals surface area contributed by atoms with Gasteiger partial charge in [0.05, 0.1) is 26.0 Å². The SMILES string of the molecule is COc1cc2cc3ccoc3c(-c3ccc4c(O)cc(C)nc4c3C)c2cc1OC. The predicted octanol–water partition coefficient (Wildman–Crippen LogP) is 6.14. The molecular weight excluding hydrogens is 378 g/mol. The van der Waals surface area contributed by atoms with E-state index in [0.717, 1.165) is 55.0 Å². The molecule has 3 aromatic carbocycles. The van der Waals surface area contributed by atoms with Crippen molar-refractivity contribution in [2.45, 2.75) is 13.8 Å². The maximum Gasteiger partial charge on any atom is 0.161 e. The second-order valence-electron chi connectivity index (χ2n) is 7.44. The summed E-state index contributed by atoms with van der Waals surface area (Å²) in [5, 5.41) is 14.1. The number of aryl methyl sites for hydroxylation is 2. The van der Waals surface area contributed by atoms with E-state index in [1.807, 2.05) is 44.2 Å². The number of hydrogen-bond donors (Lipinski definition) is 1. The monoisotopic (exact) mass is 399 g/mol. The Morgan fingerprint density at radius 2 is 1.63 bits per heavy atom. The van der Waals surface area contributed by atoms with Crippen LogP contribution in [0.1, 0.15) is 11.3 Å². The molecule has 5 aromatic rings. The van der Waals surface area contributed by atoms with Gasteiger partial charge in [-0.2, -0.15) is 0 Å². The predicted molar refractivity (Wildman–Crippen MR) is 119 cm³/mol. The molecule has 0 aliphatic heterocycles. The summed E-state index contributed by atoms with van der Waals surface area (Å²) in [5.41, 5.74) is 5.30. The van der Waals surface area contributed by atoms with E-state index in [1.165, 1.54) is 0 Å². The van der Waals surface area contributed by atoms with E-state index in [9.17, 15) is 5.11 Å². The molecule has 5 heteroatoms. The van der Waals surface area contributed by atoms with Crippen LogP contribution in [-0.2, 0) is 0 Å². The third-order valence-electron chi connectivity index (χ3n) is 5.67. The number of nitrogens with zero attached hydrogens (tertiary/aromatic N) is 1. The lowest BCUT2D eigenvalue weighted by Crippen LogP contribution is -1.94. The van der Waals surface area contributed by atoms with Crippen LogP contribution in [0.5, 0.6) is 17.2 Å². The summed E-state index contributed by atoms with van der Waals surface area (Å²) in [6.45, 7) is 3.91. The van der Waals surface area contributed by atoms with Crippen molar-refractivity contribution < 1.29 is 19.0 Å². The summed E-state index contributed by atoms with van der Waals surface area (Å²) in [6, 6.07) is 13.6. The minimum Gasteiger partial charge on any atom is -0.507 e. The Bertz CT molecular complexity index is 1450. The van der Waals surface area contributed by atoms with Crippen LogP contribution >= 0.6 is 0 Å². The maximum atomic E-state index is 10.4. The van der Waals surface area contributed by atoms with Gasteiger partial charge in [-0.3, -0.25) is 4.98 Å². The number of hydrogen-bond acceptors (Lipinski definition) is 5. The smallest absolute Gasteiger partial charge is 0.161 e. The zero-order valence-electron chi connectivity index (χ0n) is 17.2. The van der Waals surface area contributed by atoms with E-state index in [0.29, 0.717) is 11.5 Å². The van der Waals surface area contributed by atoms with Crippen molar-refractivity contribution >= 4 is 32.6 Å². The Kier molecular flexibility index (Phi) is 4.07. The largest absolute Gasteiger partial charge is 0.507 e. The quantitative estimate of drug-likeness (QED) is 0.395. The molecule has 0 unspecified atom stereocenters. The van der Waals surface area contributed by atoms with Gasteiger partial charge in [0.2, 0.25) is 0 Å². The molecule has 30 heavy (non-hydrogen) atoms. The molecule has 0 saturated heterocycles. The van der Waals surface area contributed by atoms with Gasteiger partial charge in [-0.25, -0.2) is 0 Å². The summed E-state index contributed by atoms with van der Waals surface area (Å²) < 4.78 is 17.0. The number of aromatic hydroxyl groups is 1. The summed E-state index contributed by atoms with van der Waals surface area (Å²) in [4.78, 5) is 4.70. The first-order chi connectivity index (χ1) is 14.5. The molecule has 5 rings (SSSR count). The van der Waals surface area contributed by atoms with Crippen molar-refractivity contribution in [2.24, 2.45) is 0 Å². The number of rotatable bonds is 3. The van der Waals surface area contributed by atoms with Gasteiger partial charge < -0.3 is 19.0 Å². The standard InChI is InChI=1S/C25H21NO4/c1-13-9-20(27)18-6-5-17(14(2)24(18)26-13)23-19-12-22(29-4)21(28-3)11-16(19)10-15-7-8-30-25(15)23/h5-12H,1-4H3,(H,26,27). The van der Waals surface area contributed by atoms with E-state index >= 15 is 0 Å². The second kappa shape index (κ2) is 6.66. The van der Waals surface area contributed by atoms with Gasteiger partial charge in [-0.05, 0) is 66.1 Å². The second-order valence-corrected chi connectivity index (χ2v) is 7.44. The Balaban J connectivity index is 1.94. The van der Waals surface area contributed by atoms with Crippen molar-refractivity contribution in [3.8, 4) is 28.4 Å². The molecule has 150 valence electrons. The van der Waals surface area contributed by atoms with Crippen molar-refractivity contribution in [1.82, 2.24) is 4.98 Å². The molecule has 2 heterocycles. The van der Waals surface area contributed by atoms with Gasteiger partial charge >= 0.3 is 0 Å². The van der Waals surface area contributed by atoms with Crippen molar-refractivity contribution in [3.05, 3.63) is 60.0 Å². The molecule has 0 aliphatic carbocycles. The summed E-state index contributed by atoms with van der Waals surface area (Å²) in [7, 11) is 3.26. The van der Waals surface area contributed by atoms with Crippen LogP contribution in [0.15, 0.2) is 53.1 Å². The normalized spacial score (nSPS) is 11.5. The Morgan fingerprint density at radius 3 is 2.40 bits per heavy atom. The number of aromatic nitrogens is 1. The molecule has 0 fully saturated rings. The first-order valence-electron chi connectivity index (χ1n) is 9.68. The highest BCUT2D eigenvalue weighted by atomic mass is 16.5. The zero-order valence-corrected chi connectivity index (χ0v) is 17.2. The molecule has 5 nitrogen and oxygen atoms in total. The van der Waals surface area contributed by atoms with Gasteiger partial charge in [0.25, 0.3) is 0 Å². The first-order valence-corrected chi connectivity index (χ1v) is 9.68. The van der Waals surface area contributed by atoms with Crippen molar-refractivity contribution in [3.63, 3.8) is 0 Å². The number of benzene rings is 3. The fourth-order valence-corrected chi connectivity index (χ4v) is 4.23. The number of furan rings is 1. The molecule has 2 aromatic heterocycles. The molecule has 0 saturated carbocycles. The van der Waals surface area contributed by atoms with Gasteiger partial charge in [0.15, 0.2) is 11.5 Å². The topological polar surface area (TPSA) is 64.7 Å². The summed E-state index contributed by atoms with van der Waals surface area (Å²) >= 11 is 0. The van der Waals surface area contributed by atoms with Crippen LogP contribution in [0, 0.1) is 13.8 Å². The summed E-state index contributed by atoms with van der Waals surface area (Å²) in [5.74, 6) is 1.57. The lowest BCUT2D eigenvalue weighted by molar-refractivity contribution is 0.356. The number of ether oxygens (including phenoxy) is 2. The Labute approximate surface area is 173 Å². The van der Waals surface area contributed by atoms with Gasteiger partial charge in [0, 0.05) is 28.1 Å². The van der Waals surface area contributed by atoms with Crippen LogP contribution in [0.25, 0.3) is 43.8 Å². The minimum absolute atomic E-state index is 0.236. The summed E-state index contributed by atoms with van der Waals surface area (Å²) in [6.07, 6.45) is 1.70. The minimum atomic E-state index is 0.236. The molecule has 0 radical (unpaired) electrons. The van der Waals surface area contributed by atoms with Crippen LogP contribution in [0.3, 0.4) is 0 Å². The molecule has 1 N–H and O–H groups in total. The highest BCUT2D eigenvalue weighted by molar-refractivity contribution is 6.13. The molecule has 0 bridgehead atoms. The van der Waals surface area contributed by atoms with Crippen molar-refractivity contribution in [1.29, 1.82) is 0 Å². The van der Waals surface area contributed by atoms with Crippen molar-refractivity contribution in [2.75, 3.05) is 14.2 Å². The van der Waals surface area contributed by atoms with E-state index in [4.69, 9.17) is 18.9 Å². The van der Waals surface area contributed by atoms with Crippen LogP contribution in [0.2, 0.25) is 0 Å². The molecule has 0 aliphatic rings. The zero-order chi connectivity index (χ0) is 21.0. The van der Waals surface area contributed by atoms with E-state index in [-0.39, 0.29) is 5.75 Å². The van der Waals surface area contributed by atoms with E-state index < -0.39 is 0 Å². The van der Waals surface area contributed by atoms with Crippen LogP contribution < -0.4 is 9.47 Å². The third kappa shape index (κ3) is 2.59. The fraction of sp³-hybridized carbons (Fsp3) is 0.160. The van der Waals surface area contributed by atoms with Gasteiger partial charge in [-0.15, -0.1) is 0 Å². The molecular formula is C25H21NO4. The van der Waals surface area contributed by atoms with Gasteiger partial charge in [0.1, 0.15) is 11.3 Å². The highest BCUT2D eigenvalue weighted by Gasteiger charge is 2.19. The van der Waals surface area contributed by atoms with Gasteiger partial charge in [-0.1, -0.05) is 6.07 Å². The number of pyridine rings is 1. The third-order valence-corrected chi connectivity index (χ3v) is 5.67. The lowest BCUT2D eigenvalue weighted by Gasteiger charge is -2.16. The Hall–Kier alpha value is -3.73. The van der Waals surface area contributed by atoms with Crippen LogP contribution in [0.4, 0.5) is 0 Å². The number of fused-ring (bicyclic) bond motifs is 3. The highest BCUT2D eigenvalue weighted by Crippen LogP contribution is 2.44. The number of methoxy groups -OCH3 is 2. The first kappa shape index (κ1) is 18.3. The fourth-order valence-electron chi connectivity index (χ4n) is 4.23. The molecule has 0 amide bonds. The molecule has 0 spiro atoms. The maximum absolute atomic E-state index is 10.4. The Morgan fingerprint density at radius 1 is 0.867 bits per heavy atom. The van der Waals surface area contributed by atoms with E-state index in [1.54, 1.807) is 26.5 Å². The average molecular weight is 399 g/mol. The lowest BCUT2D eigenvalue weighted by atomic mass is 9.91. The molecule has 0 atom stereocenters. The van der Waals surface area contributed by atoms with E-state index in [2.05, 4.69) is 6.07 Å². The average Bonchev–Trinajstić information content (AvgIpc) is 3.20.